The fourth-order valence-corrected chi connectivity index (χ4v) is 2.70. The summed E-state index contributed by atoms with van der Waals surface area (Å²) in [7, 11) is 0. The SMILES string of the molecule is CC(OC(=O)c1ccc2c(c1)OCC(=O)N2)C(=O)Nc1ccc2c(c1)OCO2. The van der Waals surface area contributed by atoms with Gasteiger partial charge in [0.1, 0.15) is 5.75 Å². The molecule has 9 nitrogen and oxygen atoms in total. The van der Waals surface area contributed by atoms with E-state index < -0.39 is 18.0 Å². The lowest BCUT2D eigenvalue weighted by Crippen LogP contribution is -2.30. The van der Waals surface area contributed by atoms with Gasteiger partial charge < -0.3 is 29.6 Å². The quantitative estimate of drug-likeness (QED) is 0.775. The van der Waals surface area contributed by atoms with E-state index in [1.165, 1.54) is 19.1 Å². The molecule has 144 valence electrons. The lowest BCUT2D eigenvalue weighted by molar-refractivity contribution is -0.123. The van der Waals surface area contributed by atoms with Gasteiger partial charge in [0.25, 0.3) is 11.8 Å². The van der Waals surface area contributed by atoms with Gasteiger partial charge >= 0.3 is 5.97 Å². The number of carbonyl (C=O) groups is 3. The van der Waals surface area contributed by atoms with E-state index in [1.54, 1.807) is 24.3 Å². The molecule has 28 heavy (non-hydrogen) atoms. The number of nitrogens with one attached hydrogen (secondary N) is 2. The zero-order chi connectivity index (χ0) is 19.7. The third-order valence-electron chi connectivity index (χ3n) is 4.14. The number of hydrogen-bond acceptors (Lipinski definition) is 7. The molecule has 2 N–H and O–H groups in total. The van der Waals surface area contributed by atoms with Crippen LogP contribution >= 0.6 is 0 Å². The second-order valence-corrected chi connectivity index (χ2v) is 6.15. The monoisotopic (exact) mass is 384 g/mol. The van der Waals surface area contributed by atoms with Crippen molar-refractivity contribution >= 4 is 29.2 Å². The Bertz CT molecular complexity index is 973. The van der Waals surface area contributed by atoms with Crippen molar-refractivity contribution in [2.45, 2.75) is 13.0 Å². The number of anilines is 2. The highest BCUT2D eigenvalue weighted by atomic mass is 16.7. The van der Waals surface area contributed by atoms with Gasteiger partial charge in [-0.1, -0.05) is 0 Å². The Balaban J connectivity index is 1.39. The molecule has 2 aliphatic rings. The Morgan fingerprint density at radius 3 is 2.75 bits per heavy atom. The Hall–Kier alpha value is -3.75. The van der Waals surface area contributed by atoms with Gasteiger partial charge in [0.15, 0.2) is 24.2 Å². The Morgan fingerprint density at radius 2 is 1.89 bits per heavy atom. The van der Waals surface area contributed by atoms with Crippen LogP contribution in [0.1, 0.15) is 17.3 Å². The first-order valence-electron chi connectivity index (χ1n) is 8.48. The Kier molecular flexibility index (Phi) is 4.48. The number of esters is 1. The highest BCUT2D eigenvalue weighted by Crippen LogP contribution is 2.34. The first kappa shape index (κ1) is 17.7. The van der Waals surface area contributed by atoms with Crippen molar-refractivity contribution in [3.8, 4) is 17.2 Å². The summed E-state index contributed by atoms with van der Waals surface area (Å²) in [5, 5.41) is 5.29. The standard InChI is InChI=1S/C19H16N2O7/c1-10(18(23)20-12-3-5-14-16(7-12)27-9-26-14)28-19(24)11-2-4-13-15(6-11)25-8-17(22)21-13/h2-7,10H,8-9H2,1H3,(H,20,23)(H,21,22). The van der Waals surface area contributed by atoms with Crippen molar-refractivity contribution in [2.75, 3.05) is 24.0 Å². The van der Waals surface area contributed by atoms with Gasteiger partial charge in [-0.25, -0.2) is 4.79 Å². The molecule has 0 bridgehead atoms. The van der Waals surface area contributed by atoms with Gasteiger partial charge in [0.2, 0.25) is 6.79 Å². The van der Waals surface area contributed by atoms with Crippen molar-refractivity contribution in [3.05, 3.63) is 42.0 Å². The van der Waals surface area contributed by atoms with Crippen molar-refractivity contribution in [3.63, 3.8) is 0 Å². The van der Waals surface area contributed by atoms with Gasteiger partial charge in [0, 0.05) is 11.8 Å². The van der Waals surface area contributed by atoms with Crippen LogP contribution in [0.3, 0.4) is 0 Å². The van der Waals surface area contributed by atoms with E-state index >= 15 is 0 Å². The molecule has 0 aromatic heterocycles. The molecule has 0 aliphatic carbocycles. The Labute approximate surface area is 159 Å². The maximum Gasteiger partial charge on any atom is 0.339 e. The van der Waals surface area contributed by atoms with E-state index in [-0.39, 0.29) is 24.9 Å². The lowest BCUT2D eigenvalue weighted by Gasteiger charge is -2.19. The van der Waals surface area contributed by atoms with Crippen LogP contribution in [0.2, 0.25) is 0 Å². The van der Waals surface area contributed by atoms with Gasteiger partial charge in [-0.3, -0.25) is 9.59 Å². The first-order chi connectivity index (χ1) is 13.5. The van der Waals surface area contributed by atoms with E-state index in [4.69, 9.17) is 18.9 Å². The summed E-state index contributed by atoms with van der Waals surface area (Å²) in [5.74, 6) is 0.0559. The van der Waals surface area contributed by atoms with Gasteiger partial charge in [-0.2, -0.15) is 0 Å². The zero-order valence-corrected chi connectivity index (χ0v) is 14.8. The fourth-order valence-electron chi connectivity index (χ4n) is 2.70. The van der Waals surface area contributed by atoms with Crippen LogP contribution in [-0.4, -0.2) is 37.3 Å². The van der Waals surface area contributed by atoms with E-state index in [0.717, 1.165) is 0 Å². The lowest BCUT2D eigenvalue weighted by atomic mass is 10.1. The van der Waals surface area contributed by atoms with E-state index in [0.29, 0.717) is 28.6 Å². The molecule has 0 saturated heterocycles. The van der Waals surface area contributed by atoms with Crippen molar-refractivity contribution < 1.29 is 33.3 Å². The third-order valence-corrected chi connectivity index (χ3v) is 4.14. The number of benzene rings is 2. The second-order valence-electron chi connectivity index (χ2n) is 6.15. The number of fused-ring (bicyclic) bond motifs is 2. The molecule has 0 fully saturated rings. The fraction of sp³-hybridized carbons (Fsp3) is 0.211. The molecule has 1 atom stereocenters. The van der Waals surface area contributed by atoms with E-state index in [1.807, 2.05) is 0 Å². The first-order valence-corrected chi connectivity index (χ1v) is 8.48. The van der Waals surface area contributed by atoms with Crippen LogP contribution in [0.5, 0.6) is 17.2 Å². The molecule has 2 heterocycles. The molecule has 2 amide bonds. The molecule has 1 unspecified atom stereocenters. The van der Waals surface area contributed by atoms with Gasteiger partial charge in [-0.15, -0.1) is 0 Å². The topological polar surface area (TPSA) is 112 Å². The third kappa shape index (κ3) is 3.54. The maximum atomic E-state index is 12.3. The molecular weight excluding hydrogens is 368 g/mol. The minimum Gasteiger partial charge on any atom is -0.482 e. The minimum absolute atomic E-state index is 0.125. The smallest absolute Gasteiger partial charge is 0.339 e. The van der Waals surface area contributed by atoms with Gasteiger partial charge in [-0.05, 0) is 37.3 Å². The van der Waals surface area contributed by atoms with E-state index in [2.05, 4.69) is 10.6 Å². The van der Waals surface area contributed by atoms with Crippen LogP contribution in [-0.2, 0) is 14.3 Å². The molecule has 0 radical (unpaired) electrons. The van der Waals surface area contributed by atoms with Crippen LogP contribution in [0.15, 0.2) is 36.4 Å². The van der Waals surface area contributed by atoms with Crippen LogP contribution in [0.25, 0.3) is 0 Å². The average Bonchev–Trinajstić information content (AvgIpc) is 3.15. The molecule has 4 rings (SSSR count). The predicted molar refractivity (Wildman–Crippen MR) is 96.6 cm³/mol. The molecular formula is C19H16N2O7. The second kappa shape index (κ2) is 7.10. The molecule has 2 aromatic carbocycles. The molecule has 2 aromatic rings. The molecule has 0 spiro atoms. The van der Waals surface area contributed by atoms with Crippen LogP contribution < -0.4 is 24.8 Å². The minimum atomic E-state index is -1.03. The van der Waals surface area contributed by atoms with Crippen LogP contribution in [0.4, 0.5) is 11.4 Å². The highest BCUT2D eigenvalue weighted by Gasteiger charge is 2.23. The van der Waals surface area contributed by atoms with Gasteiger partial charge in [0.05, 0.1) is 11.3 Å². The number of rotatable bonds is 4. The summed E-state index contributed by atoms with van der Waals surface area (Å²) in [4.78, 5) is 35.9. The van der Waals surface area contributed by atoms with Crippen molar-refractivity contribution in [1.29, 1.82) is 0 Å². The number of hydrogen-bond donors (Lipinski definition) is 2. The number of carbonyl (C=O) groups excluding carboxylic acids is 3. The number of ether oxygens (including phenoxy) is 4. The summed E-state index contributed by atoms with van der Waals surface area (Å²) < 4.78 is 21.0. The van der Waals surface area contributed by atoms with Crippen molar-refractivity contribution in [1.82, 2.24) is 0 Å². The average molecular weight is 384 g/mol. The molecule has 9 heteroatoms. The normalized spacial score (nSPS) is 15.0. The summed E-state index contributed by atoms with van der Waals surface area (Å²) >= 11 is 0. The zero-order valence-electron chi connectivity index (χ0n) is 14.8. The summed E-state index contributed by atoms with van der Waals surface area (Å²) in [6.07, 6.45) is -1.03. The molecule has 2 aliphatic heterocycles. The summed E-state index contributed by atoms with van der Waals surface area (Å²) in [5.41, 5.74) is 1.18. The largest absolute Gasteiger partial charge is 0.482 e. The summed E-state index contributed by atoms with van der Waals surface area (Å²) in [6, 6.07) is 9.46. The summed E-state index contributed by atoms with van der Waals surface area (Å²) in [6.45, 7) is 1.48. The maximum absolute atomic E-state index is 12.3. The molecule has 0 saturated carbocycles. The Morgan fingerprint density at radius 1 is 1.07 bits per heavy atom. The van der Waals surface area contributed by atoms with Crippen LogP contribution in [0, 0.1) is 0 Å². The highest BCUT2D eigenvalue weighted by molar-refractivity contribution is 5.99. The number of amides is 2. The van der Waals surface area contributed by atoms with Crippen molar-refractivity contribution in [2.24, 2.45) is 0 Å². The van der Waals surface area contributed by atoms with E-state index in [9.17, 15) is 14.4 Å². The predicted octanol–water partition coefficient (Wildman–Crippen LogP) is 1.93.